The van der Waals surface area contributed by atoms with Gasteiger partial charge in [0.2, 0.25) is 0 Å². The smallest absolute Gasteiger partial charge is 0.308 e. The molecule has 3 N–H and O–H groups in total. The maximum atomic E-state index is 10.5. The van der Waals surface area contributed by atoms with Gasteiger partial charge in [0.05, 0.1) is 19.1 Å². The highest BCUT2D eigenvalue weighted by Gasteiger charge is 2.11. The molecule has 78 valence electrons. The van der Waals surface area contributed by atoms with Gasteiger partial charge < -0.3 is 15.3 Å². The molecule has 0 bridgehead atoms. The quantitative estimate of drug-likeness (QED) is 0.660. The van der Waals surface area contributed by atoms with Crippen LogP contribution in [0, 0.1) is 0 Å². The molecule has 1 rings (SSSR count). The largest absolute Gasteiger partial charge is 0.481 e. The first kappa shape index (κ1) is 11.2. The Morgan fingerprint density at radius 1 is 1.57 bits per heavy atom. The second-order valence-electron chi connectivity index (χ2n) is 2.98. The van der Waals surface area contributed by atoms with Gasteiger partial charge in [0.15, 0.2) is 0 Å². The summed E-state index contributed by atoms with van der Waals surface area (Å²) < 4.78 is 0. The van der Waals surface area contributed by atoms with E-state index in [0.29, 0.717) is 6.42 Å². The predicted octanol–water partition coefficient (Wildman–Crippen LogP) is 0.271. The summed E-state index contributed by atoms with van der Waals surface area (Å²) in [6, 6.07) is 1.78. The molecule has 1 heterocycles. The van der Waals surface area contributed by atoms with Crippen LogP contribution in [-0.2, 0) is 17.6 Å². The standard InChI is InChI=1S/C9H12O4S/c10-5-7(11)3-6-1-2-14-8(6)4-9(12)13/h1-2,7,10-11H,3-5H2,(H,12,13). The number of rotatable bonds is 5. The van der Waals surface area contributed by atoms with Crippen LogP contribution in [0.4, 0.5) is 0 Å². The Kier molecular flexibility index (Phi) is 4.06. The van der Waals surface area contributed by atoms with Crippen molar-refractivity contribution < 1.29 is 20.1 Å². The second kappa shape index (κ2) is 5.09. The van der Waals surface area contributed by atoms with Gasteiger partial charge in [-0.3, -0.25) is 4.79 Å². The number of hydrogen-bond acceptors (Lipinski definition) is 4. The molecule has 14 heavy (non-hydrogen) atoms. The normalized spacial score (nSPS) is 12.7. The van der Waals surface area contributed by atoms with E-state index >= 15 is 0 Å². The summed E-state index contributed by atoms with van der Waals surface area (Å²) in [6.45, 7) is -0.303. The van der Waals surface area contributed by atoms with Crippen LogP contribution < -0.4 is 0 Å². The summed E-state index contributed by atoms with van der Waals surface area (Å²) in [7, 11) is 0. The van der Waals surface area contributed by atoms with E-state index in [1.54, 1.807) is 11.4 Å². The minimum atomic E-state index is -0.882. The topological polar surface area (TPSA) is 77.8 Å². The molecule has 0 radical (unpaired) electrons. The van der Waals surface area contributed by atoms with Crippen LogP contribution >= 0.6 is 11.3 Å². The third-order valence-corrected chi connectivity index (χ3v) is 2.78. The Labute approximate surface area is 85.4 Å². The van der Waals surface area contributed by atoms with Gasteiger partial charge in [0.25, 0.3) is 0 Å². The number of aliphatic carboxylic acids is 1. The third kappa shape index (κ3) is 3.10. The number of aliphatic hydroxyl groups is 2. The molecule has 0 saturated heterocycles. The van der Waals surface area contributed by atoms with Gasteiger partial charge in [-0.15, -0.1) is 11.3 Å². The summed E-state index contributed by atoms with van der Waals surface area (Å²) in [4.78, 5) is 11.2. The lowest BCUT2D eigenvalue weighted by atomic mass is 10.1. The molecule has 4 nitrogen and oxygen atoms in total. The van der Waals surface area contributed by atoms with Crippen molar-refractivity contribution in [1.82, 2.24) is 0 Å². The minimum Gasteiger partial charge on any atom is -0.481 e. The van der Waals surface area contributed by atoms with Gasteiger partial charge in [-0.1, -0.05) is 0 Å². The van der Waals surface area contributed by atoms with Gasteiger partial charge in [0, 0.05) is 11.3 Å². The van der Waals surface area contributed by atoms with Gasteiger partial charge in [-0.05, 0) is 17.0 Å². The van der Waals surface area contributed by atoms with Crippen LogP contribution in [0.25, 0.3) is 0 Å². The van der Waals surface area contributed by atoms with Crippen molar-refractivity contribution in [3.05, 3.63) is 21.9 Å². The zero-order valence-corrected chi connectivity index (χ0v) is 8.33. The number of carboxylic acid groups (broad SMARTS) is 1. The molecule has 0 aliphatic heterocycles. The lowest BCUT2D eigenvalue weighted by Crippen LogP contribution is -2.15. The summed E-state index contributed by atoms with van der Waals surface area (Å²) in [6.07, 6.45) is -0.523. The highest BCUT2D eigenvalue weighted by molar-refractivity contribution is 7.10. The molecule has 1 unspecified atom stereocenters. The first-order chi connectivity index (χ1) is 6.63. The van der Waals surface area contributed by atoms with Crippen molar-refractivity contribution in [1.29, 1.82) is 0 Å². The molecule has 0 aliphatic rings. The van der Waals surface area contributed by atoms with Crippen LogP contribution in [0.15, 0.2) is 11.4 Å². The fraction of sp³-hybridized carbons (Fsp3) is 0.444. The Morgan fingerprint density at radius 2 is 2.29 bits per heavy atom. The van der Waals surface area contributed by atoms with Crippen LogP contribution in [-0.4, -0.2) is 34.0 Å². The lowest BCUT2D eigenvalue weighted by Gasteiger charge is -2.06. The summed E-state index contributed by atoms with van der Waals surface area (Å²) >= 11 is 1.36. The molecule has 0 saturated carbocycles. The Bertz CT molecular complexity index is 308. The van der Waals surface area contributed by atoms with Gasteiger partial charge in [0.1, 0.15) is 0 Å². The molecule has 0 fully saturated rings. The Balaban J connectivity index is 2.67. The van der Waals surface area contributed by atoms with E-state index in [1.165, 1.54) is 11.3 Å². The SMILES string of the molecule is O=C(O)Cc1sccc1CC(O)CO. The number of carboxylic acids is 1. The average Bonchev–Trinajstić information content (AvgIpc) is 2.52. The molecule has 5 heteroatoms. The number of thiophene rings is 1. The molecule has 1 aromatic rings. The molecule has 0 spiro atoms. The second-order valence-corrected chi connectivity index (χ2v) is 3.98. The molecule has 0 aromatic carbocycles. The highest BCUT2D eigenvalue weighted by atomic mass is 32.1. The molecule has 1 aromatic heterocycles. The summed E-state index contributed by atoms with van der Waals surface area (Å²) in [5.74, 6) is -0.882. The van der Waals surface area contributed by atoms with E-state index in [1.807, 2.05) is 0 Å². The summed E-state index contributed by atoms with van der Waals surface area (Å²) in [5, 5.41) is 28.2. The van der Waals surface area contributed by atoms with E-state index in [4.69, 9.17) is 10.2 Å². The maximum Gasteiger partial charge on any atom is 0.308 e. The molecule has 0 aliphatic carbocycles. The lowest BCUT2D eigenvalue weighted by molar-refractivity contribution is -0.136. The summed E-state index contributed by atoms with van der Waals surface area (Å²) in [5.41, 5.74) is 0.805. The van der Waals surface area contributed by atoms with Crippen LogP contribution in [0.5, 0.6) is 0 Å². The third-order valence-electron chi connectivity index (χ3n) is 1.82. The molecule has 0 amide bonds. The average molecular weight is 216 g/mol. The predicted molar refractivity (Wildman–Crippen MR) is 52.5 cm³/mol. The van der Waals surface area contributed by atoms with E-state index in [0.717, 1.165) is 10.4 Å². The molecule has 1 atom stereocenters. The fourth-order valence-electron chi connectivity index (χ4n) is 1.16. The van der Waals surface area contributed by atoms with E-state index in [-0.39, 0.29) is 13.0 Å². The maximum absolute atomic E-state index is 10.5. The number of aliphatic hydroxyl groups excluding tert-OH is 2. The Hall–Kier alpha value is -0.910. The van der Waals surface area contributed by atoms with Crippen LogP contribution in [0.2, 0.25) is 0 Å². The van der Waals surface area contributed by atoms with E-state index < -0.39 is 12.1 Å². The van der Waals surface area contributed by atoms with Crippen molar-refractivity contribution in [3.63, 3.8) is 0 Å². The van der Waals surface area contributed by atoms with Crippen LogP contribution in [0.3, 0.4) is 0 Å². The first-order valence-corrected chi connectivity index (χ1v) is 5.07. The zero-order valence-electron chi connectivity index (χ0n) is 7.51. The number of hydrogen-bond donors (Lipinski definition) is 3. The van der Waals surface area contributed by atoms with Gasteiger partial charge >= 0.3 is 5.97 Å². The zero-order chi connectivity index (χ0) is 10.6. The van der Waals surface area contributed by atoms with Crippen molar-refractivity contribution in [2.75, 3.05) is 6.61 Å². The van der Waals surface area contributed by atoms with Crippen molar-refractivity contribution in [2.24, 2.45) is 0 Å². The highest BCUT2D eigenvalue weighted by Crippen LogP contribution is 2.19. The Morgan fingerprint density at radius 3 is 2.86 bits per heavy atom. The molecular formula is C9H12O4S. The van der Waals surface area contributed by atoms with E-state index in [9.17, 15) is 9.90 Å². The first-order valence-electron chi connectivity index (χ1n) is 4.19. The van der Waals surface area contributed by atoms with Gasteiger partial charge in [-0.25, -0.2) is 0 Å². The minimum absolute atomic E-state index is 0.0227. The van der Waals surface area contributed by atoms with Gasteiger partial charge in [-0.2, -0.15) is 0 Å². The van der Waals surface area contributed by atoms with Crippen molar-refractivity contribution >= 4 is 17.3 Å². The number of carbonyl (C=O) groups is 1. The fourth-order valence-corrected chi connectivity index (χ4v) is 2.07. The monoisotopic (exact) mass is 216 g/mol. The van der Waals surface area contributed by atoms with E-state index in [2.05, 4.69) is 0 Å². The molecular weight excluding hydrogens is 204 g/mol. The van der Waals surface area contributed by atoms with Crippen molar-refractivity contribution in [2.45, 2.75) is 18.9 Å². The van der Waals surface area contributed by atoms with Crippen LogP contribution in [0.1, 0.15) is 10.4 Å². The van der Waals surface area contributed by atoms with Crippen molar-refractivity contribution in [3.8, 4) is 0 Å².